The molecule has 2 aromatic rings. The highest BCUT2D eigenvalue weighted by molar-refractivity contribution is 5.90. The number of nitrogens with zero attached hydrogens (tertiary/aromatic N) is 1. The fourth-order valence-corrected chi connectivity index (χ4v) is 2.99. The van der Waals surface area contributed by atoms with Gasteiger partial charge >= 0.3 is 5.97 Å². The highest BCUT2D eigenvalue weighted by Crippen LogP contribution is 2.31. The Balaban J connectivity index is 1.80. The van der Waals surface area contributed by atoms with Crippen molar-refractivity contribution in [1.82, 2.24) is 4.90 Å². The smallest absolute Gasteiger partial charge is 0.337 e. The summed E-state index contributed by atoms with van der Waals surface area (Å²) in [6.45, 7) is 4.39. The molecule has 2 aromatic carbocycles. The Kier molecular flexibility index (Phi) is 5.68. The molecule has 0 unspecified atom stereocenters. The van der Waals surface area contributed by atoms with E-state index in [0.717, 1.165) is 49.7 Å². The molecule has 0 atom stereocenters. The first-order valence-corrected chi connectivity index (χ1v) is 8.37. The number of carbonyl (C=O) groups is 1. The van der Waals surface area contributed by atoms with Gasteiger partial charge in [-0.2, -0.15) is 0 Å². The lowest BCUT2D eigenvalue weighted by atomic mass is 10.0. The number of esters is 1. The van der Waals surface area contributed by atoms with E-state index in [1.165, 1.54) is 12.7 Å². The average molecular weight is 341 g/mol. The number of ether oxygens (including phenoxy) is 3. The highest BCUT2D eigenvalue weighted by atomic mass is 16.5. The van der Waals surface area contributed by atoms with E-state index in [1.54, 1.807) is 19.2 Å². The third-order valence-electron chi connectivity index (χ3n) is 4.39. The lowest BCUT2D eigenvalue weighted by Gasteiger charge is -2.26. The normalized spacial score (nSPS) is 15.0. The van der Waals surface area contributed by atoms with Gasteiger partial charge in [-0.3, -0.25) is 4.90 Å². The number of carbonyl (C=O) groups excluding carboxylic acids is 1. The molecule has 0 aromatic heterocycles. The molecule has 1 aliphatic rings. The molecule has 0 saturated carbocycles. The minimum Gasteiger partial charge on any atom is -0.496 e. The van der Waals surface area contributed by atoms with Crippen molar-refractivity contribution in [3.63, 3.8) is 0 Å². The SMILES string of the molecule is COC(=O)c1ccc(-c2ccc(CN3CCOCC3)cc2OC)cc1. The van der Waals surface area contributed by atoms with E-state index in [4.69, 9.17) is 14.2 Å². The number of hydrogen-bond acceptors (Lipinski definition) is 5. The molecule has 5 heteroatoms. The number of benzene rings is 2. The second-order valence-corrected chi connectivity index (χ2v) is 5.99. The number of morpholine rings is 1. The lowest BCUT2D eigenvalue weighted by molar-refractivity contribution is 0.0341. The van der Waals surface area contributed by atoms with Crippen LogP contribution in [0, 0.1) is 0 Å². The number of hydrogen-bond donors (Lipinski definition) is 0. The zero-order valence-corrected chi connectivity index (χ0v) is 14.7. The molecule has 3 rings (SSSR count). The van der Waals surface area contributed by atoms with Gasteiger partial charge in [0.15, 0.2) is 0 Å². The van der Waals surface area contributed by atoms with Crippen molar-refractivity contribution in [2.45, 2.75) is 6.54 Å². The molecule has 0 radical (unpaired) electrons. The third-order valence-corrected chi connectivity index (χ3v) is 4.39. The predicted molar refractivity (Wildman–Crippen MR) is 95.9 cm³/mol. The van der Waals surface area contributed by atoms with Crippen LogP contribution in [0.5, 0.6) is 5.75 Å². The van der Waals surface area contributed by atoms with Crippen molar-refractivity contribution in [1.29, 1.82) is 0 Å². The third kappa shape index (κ3) is 4.18. The summed E-state index contributed by atoms with van der Waals surface area (Å²) >= 11 is 0. The maximum atomic E-state index is 11.6. The fourth-order valence-electron chi connectivity index (χ4n) is 2.99. The van der Waals surface area contributed by atoms with Crippen LogP contribution in [-0.4, -0.2) is 51.4 Å². The summed E-state index contributed by atoms with van der Waals surface area (Å²) in [4.78, 5) is 13.9. The van der Waals surface area contributed by atoms with Crippen LogP contribution in [0.2, 0.25) is 0 Å². The van der Waals surface area contributed by atoms with Crippen LogP contribution in [0.15, 0.2) is 42.5 Å². The summed E-state index contributed by atoms with van der Waals surface area (Å²) in [5.41, 5.74) is 3.76. The first-order valence-electron chi connectivity index (χ1n) is 8.37. The second kappa shape index (κ2) is 8.14. The molecule has 1 fully saturated rings. The summed E-state index contributed by atoms with van der Waals surface area (Å²) in [6.07, 6.45) is 0. The van der Waals surface area contributed by atoms with Gasteiger partial charge < -0.3 is 14.2 Å². The Labute approximate surface area is 148 Å². The van der Waals surface area contributed by atoms with Crippen LogP contribution in [0.25, 0.3) is 11.1 Å². The monoisotopic (exact) mass is 341 g/mol. The van der Waals surface area contributed by atoms with Gasteiger partial charge in [0.2, 0.25) is 0 Å². The van der Waals surface area contributed by atoms with Crippen molar-refractivity contribution in [2.24, 2.45) is 0 Å². The molecule has 1 heterocycles. The van der Waals surface area contributed by atoms with Gasteiger partial charge in [-0.1, -0.05) is 24.3 Å². The van der Waals surface area contributed by atoms with Gasteiger partial charge in [-0.25, -0.2) is 4.79 Å². The first kappa shape index (κ1) is 17.5. The average Bonchev–Trinajstić information content (AvgIpc) is 2.68. The van der Waals surface area contributed by atoms with E-state index < -0.39 is 0 Å². The molecule has 1 saturated heterocycles. The van der Waals surface area contributed by atoms with Gasteiger partial charge in [-0.05, 0) is 29.3 Å². The molecule has 0 amide bonds. The molecule has 5 nitrogen and oxygen atoms in total. The minimum absolute atomic E-state index is 0.334. The summed E-state index contributed by atoms with van der Waals surface area (Å²) in [6, 6.07) is 13.6. The topological polar surface area (TPSA) is 48.0 Å². The van der Waals surface area contributed by atoms with Crippen LogP contribution >= 0.6 is 0 Å². The molecule has 1 aliphatic heterocycles. The van der Waals surface area contributed by atoms with Crippen LogP contribution in [0.1, 0.15) is 15.9 Å². The lowest BCUT2D eigenvalue weighted by Crippen LogP contribution is -2.35. The fraction of sp³-hybridized carbons (Fsp3) is 0.350. The molecular formula is C20H23NO4. The van der Waals surface area contributed by atoms with Crippen molar-refractivity contribution in [2.75, 3.05) is 40.5 Å². The Bertz CT molecular complexity index is 721. The molecule has 0 spiro atoms. The second-order valence-electron chi connectivity index (χ2n) is 5.99. The van der Waals surface area contributed by atoms with E-state index in [0.29, 0.717) is 5.56 Å². The van der Waals surface area contributed by atoms with Gasteiger partial charge in [0.05, 0.1) is 33.0 Å². The van der Waals surface area contributed by atoms with Crippen LogP contribution in [-0.2, 0) is 16.0 Å². The summed E-state index contributed by atoms with van der Waals surface area (Å²) in [5.74, 6) is 0.496. The standard InChI is InChI=1S/C20H23NO4/c1-23-19-13-15(14-21-9-11-25-12-10-21)3-8-18(19)16-4-6-17(7-5-16)20(22)24-2/h3-8,13H,9-12,14H2,1-2H3. The Morgan fingerprint density at radius 2 is 1.80 bits per heavy atom. The van der Waals surface area contributed by atoms with Gasteiger partial charge in [-0.15, -0.1) is 0 Å². The van der Waals surface area contributed by atoms with E-state index in [9.17, 15) is 4.79 Å². The van der Waals surface area contributed by atoms with E-state index >= 15 is 0 Å². The Hall–Kier alpha value is -2.37. The minimum atomic E-state index is -0.334. The molecule has 0 bridgehead atoms. The van der Waals surface area contributed by atoms with Gasteiger partial charge in [0.1, 0.15) is 5.75 Å². The summed E-state index contributed by atoms with van der Waals surface area (Å²) < 4.78 is 15.7. The predicted octanol–water partition coefficient (Wildman–Crippen LogP) is 2.98. The van der Waals surface area contributed by atoms with Crippen LogP contribution in [0.4, 0.5) is 0 Å². The van der Waals surface area contributed by atoms with Crippen molar-refractivity contribution >= 4 is 5.97 Å². The molecule has 25 heavy (non-hydrogen) atoms. The maximum Gasteiger partial charge on any atom is 0.337 e. The zero-order valence-electron chi connectivity index (χ0n) is 14.7. The van der Waals surface area contributed by atoms with Crippen molar-refractivity contribution in [3.8, 4) is 16.9 Å². The largest absolute Gasteiger partial charge is 0.496 e. The maximum absolute atomic E-state index is 11.6. The summed E-state index contributed by atoms with van der Waals surface area (Å²) in [7, 11) is 3.06. The van der Waals surface area contributed by atoms with Crippen LogP contribution < -0.4 is 4.74 Å². The first-order chi connectivity index (χ1) is 12.2. The molecular weight excluding hydrogens is 318 g/mol. The van der Waals surface area contributed by atoms with Crippen molar-refractivity contribution < 1.29 is 19.0 Å². The summed E-state index contributed by atoms with van der Waals surface area (Å²) in [5, 5.41) is 0. The van der Waals surface area contributed by atoms with Crippen LogP contribution in [0.3, 0.4) is 0 Å². The van der Waals surface area contributed by atoms with Gasteiger partial charge in [0, 0.05) is 25.2 Å². The number of rotatable bonds is 5. The quantitative estimate of drug-likeness (QED) is 0.783. The molecule has 132 valence electrons. The van der Waals surface area contributed by atoms with E-state index in [1.807, 2.05) is 12.1 Å². The Morgan fingerprint density at radius 1 is 1.08 bits per heavy atom. The molecule has 0 N–H and O–H groups in total. The van der Waals surface area contributed by atoms with E-state index in [-0.39, 0.29) is 5.97 Å². The zero-order chi connectivity index (χ0) is 17.6. The van der Waals surface area contributed by atoms with Crippen molar-refractivity contribution in [3.05, 3.63) is 53.6 Å². The molecule has 0 aliphatic carbocycles. The Morgan fingerprint density at radius 3 is 2.44 bits per heavy atom. The van der Waals surface area contributed by atoms with Gasteiger partial charge in [0.25, 0.3) is 0 Å². The van der Waals surface area contributed by atoms with E-state index in [2.05, 4.69) is 23.1 Å². The number of methoxy groups -OCH3 is 2. The highest BCUT2D eigenvalue weighted by Gasteiger charge is 2.13.